The molecule has 0 atom stereocenters. The van der Waals surface area contributed by atoms with Gasteiger partial charge in [-0.15, -0.1) is 0 Å². The molecule has 18 heavy (non-hydrogen) atoms. The van der Waals surface area contributed by atoms with Crippen LogP contribution in [-0.4, -0.2) is 18.5 Å². The van der Waals surface area contributed by atoms with Gasteiger partial charge in [-0.2, -0.15) is 35.1 Å². The molecule has 0 rings (SSSR count). The minimum Gasteiger partial charge on any atom is -0.418 e. The molecule has 0 N–H and O–H groups in total. The molecule has 0 heterocycles. The van der Waals surface area contributed by atoms with Gasteiger partial charge in [0.25, 0.3) is 5.92 Å². The number of alkyl halides is 8. The molecular weight excluding hydrogens is 346 g/mol. The van der Waals surface area contributed by atoms with Crippen molar-refractivity contribution in [2.45, 2.75) is 18.5 Å². The molecule has 0 aromatic heterocycles. The van der Waals surface area contributed by atoms with Gasteiger partial charge in [0.1, 0.15) is 0 Å². The maximum atomic E-state index is 12.8. The van der Waals surface area contributed by atoms with E-state index in [2.05, 4.69) is 4.74 Å². The third kappa shape index (κ3) is 4.85. The second kappa shape index (κ2) is 5.46. The summed E-state index contributed by atoms with van der Waals surface area (Å²) in [5, 5.41) is -1.69. The van der Waals surface area contributed by atoms with E-state index in [-0.39, 0.29) is 0 Å². The van der Waals surface area contributed by atoms with Crippen molar-refractivity contribution in [3.05, 3.63) is 9.71 Å². The molecule has 0 aromatic rings. The number of halogens is 11. The predicted molar refractivity (Wildman–Crippen MR) is 46.2 cm³/mol. The van der Waals surface area contributed by atoms with Gasteiger partial charge in [-0.3, -0.25) is 0 Å². The summed E-state index contributed by atoms with van der Waals surface area (Å²) in [6.07, 6.45) is -18.3. The monoisotopic (exact) mass is 346 g/mol. The Hall–Kier alpha value is -0.150. The first-order chi connectivity index (χ1) is 7.69. The Balaban J connectivity index is 5.44. The smallest absolute Gasteiger partial charge is 0.418 e. The highest BCUT2D eigenvalue weighted by Crippen LogP contribution is 2.49. The van der Waals surface area contributed by atoms with Gasteiger partial charge in [-0.05, 0) is 11.6 Å². The molecule has 0 aromatic carbocycles. The van der Waals surface area contributed by atoms with Crippen molar-refractivity contribution in [2.24, 2.45) is 5.92 Å². The fraction of sp³-hybridized carbons (Fsp3) is 0.667. The Morgan fingerprint density at radius 3 is 1.33 bits per heavy atom. The van der Waals surface area contributed by atoms with Crippen LogP contribution in [0.3, 0.4) is 0 Å². The quantitative estimate of drug-likeness (QED) is 0.505. The highest BCUT2D eigenvalue weighted by atomic mass is 35.5. The lowest BCUT2D eigenvalue weighted by Gasteiger charge is -2.29. The molecular formula is C6HCl3F8O. The number of ether oxygens (including phenoxy) is 1. The predicted octanol–water partition coefficient (Wildman–Crippen LogP) is 5.18. The Morgan fingerprint density at radius 1 is 0.778 bits per heavy atom. The van der Waals surface area contributed by atoms with Crippen molar-refractivity contribution in [3.63, 3.8) is 0 Å². The van der Waals surface area contributed by atoms with Gasteiger partial charge in [0.05, 0.1) is 0 Å². The summed E-state index contributed by atoms with van der Waals surface area (Å²) in [5.41, 5.74) is 0. The summed E-state index contributed by atoms with van der Waals surface area (Å²) < 4.78 is 99.1. The van der Waals surface area contributed by atoms with Gasteiger partial charge in [-0.1, -0.05) is 23.2 Å². The maximum Gasteiger partial charge on any atom is 0.419 e. The van der Waals surface area contributed by atoms with Crippen LogP contribution >= 0.6 is 34.8 Å². The molecule has 0 bridgehead atoms. The van der Waals surface area contributed by atoms with Gasteiger partial charge >= 0.3 is 18.5 Å². The molecule has 12 heteroatoms. The third-order valence-corrected chi connectivity index (χ3v) is 2.17. The summed E-state index contributed by atoms with van der Waals surface area (Å²) >= 11 is 14.2. The first kappa shape index (κ1) is 17.8. The molecule has 108 valence electrons. The van der Waals surface area contributed by atoms with Crippen LogP contribution in [0.2, 0.25) is 0 Å². The second-order valence-corrected chi connectivity index (χ2v) is 4.01. The third-order valence-electron chi connectivity index (χ3n) is 1.36. The van der Waals surface area contributed by atoms with Crippen LogP contribution in [0.15, 0.2) is 9.71 Å². The molecule has 0 saturated heterocycles. The summed E-state index contributed by atoms with van der Waals surface area (Å²) in [7, 11) is 0. The Labute approximate surface area is 109 Å². The Bertz CT molecular complexity index is 315. The van der Waals surface area contributed by atoms with E-state index in [0.717, 1.165) is 0 Å². The van der Waals surface area contributed by atoms with Crippen LogP contribution in [0.5, 0.6) is 0 Å². The van der Waals surface area contributed by atoms with Crippen molar-refractivity contribution >= 4 is 34.8 Å². The standard InChI is InChI=1S/C6HCl3F8O/c7-1(8)2(9)18-6(16,17)3(4(10,11)12)5(13,14)15/h3H. The number of rotatable bonds is 3. The zero-order valence-corrected chi connectivity index (χ0v) is 9.91. The van der Waals surface area contributed by atoms with Crippen molar-refractivity contribution in [1.29, 1.82) is 0 Å². The summed E-state index contributed by atoms with van der Waals surface area (Å²) in [6.45, 7) is 0. The van der Waals surface area contributed by atoms with Gasteiger partial charge in [0.15, 0.2) is 4.49 Å². The molecule has 0 unspecified atom stereocenters. The molecule has 0 aliphatic carbocycles. The molecule has 0 aliphatic rings. The normalized spacial score (nSPS) is 13.8. The second-order valence-electron chi connectivity index (χ2n) is 2.71. The van der Waals surface area contributed by atoms with E-state index in [0.29, 0.717) is 0 Å². The van der Waals surface area contributed by atoms with Crippen LogP contribution in [0.4, 0.5) is 35.1 Å². The molecule has 1 nitrogen and oxygen atoms in total. The number of hydrogen-bond acceptors (Lipinski definition) is 1. The van der Waals surface area contributed by atoms with Crippen molar-refractivity contribution in [2.75, 3.05) is 0 Å². The molecule has 0 amide bonds. The van der Waals surface area contributed by atoms with Crippen LogP contribution < -0.4 is 0 Å². The van der Waals surface area contributed by atoms with Crippen LogP contribution in [0, 0.1) is 5.92 Å². The average Bonchev–Trinajstić information content (AvgIpc) is 1.94. The summed E-state index contributed by atoms with van der Waals surface area (Å²) in [5.74, 6) is -5.07. The van der Waals surface area contributed by atoms with E-state index in [1.165, 1.54) is 0 Å². The van der Waals surface area contributed by atoms with Gasteiger partial charge in [0.2, 0.25) is 5.22 Å². The van der Waals surface area contributed by atoms with Crippen molar-refractivity contribution in [3.8, 4) is 0 Å². The highest BCUT2D eigenvalue weighted by Gasteiger charge is 2.71. The topological polar surface area (TPSA) is 9.23 Å². The minimum absolute atomic E-state index is 1.25. The van der Waals surface area contributed by atoms with E-state index in [1.807, 2.05) is 0 Å². The molecule has 0 aliphatic heterocycles. The van der Waals surface area contributed by atoms with Crippen LogP contribution in [0.1, 0.15) is 0 Å². The fourth-order valence-electron chi connectivity index (χ4n) is 0.784. The molecule has 0 radical (unpaired) electrons. The average molecular weight is 347 g/mol. The van der Waals surface area contributed by atoms with E-state index >= 15 is 0 Å². The fourth-order valence-corrected chi connectivity index (χ4v) is 0.964. The minimum atomic E-state index is -6.31. The van der Waals surface area contributed by atoms with Gasteiger partial charge in [-0.25, -0.2) is 0 Å². The number of hydrogen-bond donors (Lipinski definition) is 0. The van der Waals surface area contributed by atoms with E-state index in [4.69, 9.17) is 34.8 Å². The lowest BCUT2D eigenvalue weighted by Crippen LogP contribution is -2.50. The first-order valence-electron chi connectivity index (χ1n) is 3.60. The van der Waals surface area contributed by atoms with Crippen LogP contribution in [0.25, 0.3) is 0 Å². The van der Waals surface area contributed by atoms with Gasteiger partial charge < -0.3 is 4.74 Å². The largest absolute Gasteiger partial charge is 0.419 e. The van der Waals surface area contributed by atoms with E-state index < -0.39 is 34.1 Å². The summed E-state index contributed by atoms with van der Waals surface area (Å²) in [6, 6.07) is 0. The zero-order valence-electron chi connectivity index (χ0n) is 7.64. The van der Waals surface area contributed by atoms with Gasteiger partial charge in [0, 0.05) is 0 Å². The SMILES string of the molecule is FC(F)(F)C(C(F)(F)F)C(F)(F)OC(Cl)=C(Cl)Cl. The molecule has 0 fully saturated rings. The Kier molecular flexibility index (Phi) is 5.41. The van der Waals surface area contributed by atoms with E-state index in [1.54, 1.807) is 0 Å². The maximum absolute atomic E-state index is 12.8. The van der Waals surface area contributed by atoms with Crippen LogP contribution in [-0.2, 0) is 4.74 Å². The van der Waals surface area contributed by atoms with E-state index in [9.17, 15) is 35.1 Å². The first-order valence-corrected chi connectivity index (χ1v) is 4.74. The lowest BCUT2D eigenvalue weighted by atomic mass is 10.1. The zero-order chi connectivity index (χ0) is 14.9. The molecule has 0 spiro atoms. The molecule has 0 saturated carbocycles. The summed E-state index contributed by atoms with van der Waals surface area (Å²) in [4.78, 5) is 0. The lowest BCUT2D eigenvalue weighted by molar-refractivity contribution is -0.389. The van der Waals surface area contributed by atoms with Crippen molar-refractivity contribution < 1.29 is 39.9 Å². The Morgan fingerprint density at radius 2 is 1.11 bits per heavy atom. The highest BCUT2D eigenvalue weighted by molar-refractivity contribution is 6.59. The van der Waals surface area contributed by atoms with Crippen molar-refractivity contribution in [1.82, 2.24) is 0 Å².